The first kappa shape index (κ1) is 17.9. The lowest BCUT2D eigenvalue weighted by Crippen LogP contribution is -2.55. The number of benzene rings is 2. The highest BCUT2D eigenvalue weighted by atomic mass is 16.3. The molecule has 4 rings (SSSR count). The van der Waals surface area contributed by atoms with Gasteiger partial charge in [-0.1, -0.05) is 30.3 Å². The van der Waals surface area contributed by atoms with Gasteiger partial charge < -0.3 is 15.3 Å². The highest BCUT2D eigenvalue weighted by Crippen LogP contribution is 2.41. The van der Waals surface area contributed by atoms with Gasteiger partial charge in [-0.3, -0.25) is 9.69 Å². The van der Waals surface area contributed by atoms with Crippen molar-refractivity contribution in [3.8, 4) is 5.75 Å². The molecule has 0 unspecified atom stereocenters. The second-order valence-corrected chi connectivity index (χ2v) is 7.63. The van der Waals surface area contributed by atoms with Gasteiger partial charge in [-0.15, -0.1) is 0 Å². The average Bonchev–Trinajstić information content (AvgIpc) is 2.67. The maximum atomic E-state index is 12.7. The van der Waals surface area contributed by atoms with Crippen LogP contribution < -0.4 is 10.2 Å². The number of anilines is 1. The molecule has 1 amide bonds. The van der Waals surface area contributed by atoms with Gasteiger partial charge in [0.2, 0.25) is 5.91 Å². The molecule has 1 saturated heterocycles. The van der Waals surface area contributed by atoms with Crippen molar-refractivity contribution in [2.24, 2.45) is 0 Å². The van der Waals surface area contributed by atoms with Crippen molar-refractivity contribution < 1.29 is 9.90 Å². The van der Waals surface area contributed by atoms with Crippen LogP contribution >= 0.6 is 0 Å². The van der Waals surface area contributed by atoms with Gasteiger partial charge in [-0.2, -0.15) is 0 Å². The van der Waals surface area contributed by atoms with E-state index in [1.54, 1.807) is 12.1 Å². The summed E-state index contributed by atoms with van der Waals surface area (Å²) in [7, 11) is 0. The molecule has 1 aliphatic heterocycles. The van der Waals surface area contributed by atoms with E-state index in [4.69, 9.17) is 0 Å². The number of phenolic OH excluding ortho intramolecular Hbond substituents is 1. The number of nitrogens with zero attached hydrogens (tertiary/aromatic N) is 2. The summed E-state index contributed by atoms with van der Waals surface area (Å²) < 4.78 is 0. The first-order valence-electron chi connectivity index (χ1n) is 9.78. The number of amides is 1. The van der Waals surface area contributed by atoms with Crippen molar-refractivity contribution >= 4 is 11.6 Å². The van der Waals surface area contributed by atoms with Crippen molar-refractivity contribution in [3.05, 3.63) is 60.2 Å². The van der Waals surface area contributed by atoms with Crippen molar-refractivity contribution in [3.63, 3.8) is 0 Å². The predicted molar refractivity (Wildman–Crippen MR) is 107 cm³/mol. The maximum absolute atomic E-state index is 12.7. The zero-order chi connectivity index (χ0) is 18.7. The average molecular weight is 365 g/mol. The van der Waals surface area contributed by atoms with E-state index in [1.165, 1.54) is 12.0 Å². The molecule has 2 aliphatic rings. The molecular weight excluding hydrogens is 338 g/mol. The summed E-state index contributed by atoms with van der Waals surface area (Å²) in [6.45, 7) is 3.97. The molecule has 2 aromatic rings. The second kappa shape index (κ2) is 7.61. The van der Waals surface area contributed by atoms with Gasteiger partial charge in [0.25, 0.3) is 0 Å². The van der Waals surface area contributed by atoms with Crippen LogP contribution in [0.25, 0.3) is 0 Å². The van der Waals surface area contributed by atoms with E-state index in [2.05, 4.69) is 27.2 Å². The fraction of sp³-hybridized carbons (Fsp3) is 0.409. The molecule has 2 N–H and O–H groups in total. The Balaban J connectivity index is 1.30. The third-order valence-corrected chi connectivity index (χ3v) is 5.87. The van der Waals surface area contributed by atoms with Crippen LogP contribution in [-0.2, 0) is 10.3 Å². The number of hydrogen-bond acceptors (Lipinski definition) is 4. The Kier molecular flexibility index (Phi) is 5.03. The summed E-state index contributed by atoms with van der Waals surface area (Å²) in [6, 6.07) is 17.7. The van der Waals surface area contributed by atoms with Crippen LogP contribution in [0.1, 0.15) is 24.8 Å². The van der Waals surface area contributed by atoms with E-state index in [9.17, 15) is 9.90 Å². The minimum Gasteiger partial charge on any atom is -0.508 e. The summed E-state index contributed by atoms with van der Waals surface area (Å²) in [5.74, 6) is 0.411. The van der Waals surface area contributed by atoms with Crippen molar-refractivity contribution in [1.82, 2.24) is 10.2 Å². The lowest BCUT2D eigenvalue weighted by atomic mass is 9.72. The molecule has 27 heavy (non-hydrogen) atoms. The Morgan fingerprint density at radius 1 is 0.963 bits per heavy atom. The Morgan fingerprint density at radius 3 is 2.22 bits per heavy atom. The summed E-state index contributed by atoms with van der Waals surface area (Å²) in [5, 5.41) is 12.7. The molecule has 1 aliphatic carbocycles. The number of piperazine rings is 1. The molecule has 5 heteroatoms. The number of carbonyl (C=O) groups is 1. The predicted octanol–water partition coefficient (Wildman–Crippen LogP) is 2.71. The SMILES string of the molecule is O=C(CN1CCN(c2ccc(O)cc2)CC1)NC1(c2ccccc2)CCC1. The number of aromatic hydroxyl groups is 1. The van der Waals surface area contributed by atoms with E-state index < -0.39 is 0 Å². The maximum Gasteiger partial charge on any atom is 0.234 e. The Bertz CT molecular complexity index is 764. The van der Waals surface area contributed by atoms with Crippen LogP contribution in [0, 0.1) is 0 Å². The standard InChI is InChI=1S/C22H27N3O2/c26-20-9-7-19(8-10-20)25-15-13-24(14-16-25)17-21(27)23-22(11-4-12-22)18-5-2-1-3-6-18/h1-3,5-10,26H,4,11-17H2,(H,23,27). The first-order chi connectivity index (χ1) is 13.1. The Hall–Kier alpha value is -2.53. The summed E-state index contributed by atoms with van der Waals surface area (Å²) in [6.07, 6.45) is 3.22. The molecule has 0 spiro atoms. The van der Waals surface area contributed by atoms with Crippen LogP contribution in [0.3, 0.4) is 0 Å². The highest BCUT2D eigenvalue weighted by molar-refractivity contribution is 5.79. The van der Waals surface area contributed by atoms with Gasteiger partial charge in [-0.25, -0.2) is 0 Å². The van der Waals surface area contributed by atoms with Crippen LogP contribution in [0.15, 0.2) is 54.6 Å². The zero-order valence-electron chi connectivity index (χ0n) is 15.6. The van der Waals surface area contributed by atoms with E-state index >= 15 is 0 Å². The second-order valence-electron chi connectivity index (χ2n) is 7.63. The first-order valence-corrected chi connectivity index (χ1v) is 9.78. The topological polar surface area (TPSA) is 55.8 Å². The van der Waals surface area contributed by atoms with Gasteiger partial charge in [-0.05, 0) is 49.1 Å². The van der Waals surface area contributed by atoms with E-state index in [0.717, 1.165) is 44.7 Å². The molecule has 1 saturated carbocycles. The fourth-order valence-electron chi connectivity index (χ4n) is 4.11. The minimum atomic E-state index is -0.161. The van der Waals surface area contributed by atoms with E-state index in [-0.39, 0.29) is 17.2 Å². The number of nitrogens with one attached hydrogen (secondary N) is 1. The highest BCUT2D eigenvalue weighted by Gasteiger charge is 2.40. The number of phenols is 1. The number of hydrogen-bond donors (Lipinski definition) is 2. The molecule has 2 aromatic carbocycles. The van der Waals surface area contributed by atoms with Crippen molar-refractivity contribution in [1.29, 1.82) is 0 Å². The third kappa shape index (κ3) is 3.93. The molecule has 1 heterocycles. The summed E-state index contributed by atoms with van der Waals surface area (Å²) in [5.41, 5.74) is 2.18. The smallest absolute Gasteiger partial charge is 0.234 e. The monoisotopic (exact) mass is 365 g/mol. The Labute approximate surface area is 160 Å². The van der Waals surface area contributed by atoms with Gasteiger partial charge in [0, 0.05) is 31.9 Å². The van der Waals surface area contributed by atoms with Crippen LogP contribution in [0.2, 0.25) is 0 Å². The molecular formula is C22H27N3O2. The molecule has 0 bridgehead atoms. The lowest BCUT2D eigenvalue weighted by molar-refractivity contribution is -0.125. The zero-order valence-corrected chi connectivity index (χ0v) is 15.6. The van der Waals surface area contributed by atoms with Gasteiger partial charge in [0.15, 0.2) is 0 Å². The fourth-order valence-corrected chi connectivity index (χ4v) is 4.11. The lowest BCUT2D eigenvalue weighted by Gasteiger charge is -2.44. The number of rotatable bonds is 5. The summed E-state index contributed by atoms with van der Waals surface area (Å²) >= 11 is 0. The van der Waals surface area contributed by atoms with Crippen molar-refractivity contribution in [2.75, 3.05) is 37.6 Å². The molecule has 0 atom stereocenters. The normalized spacial score (nSPS) is 19.3. The van der Waals surface area contributed by atoms with E-state index in [1.807, 2.05) is 30.3 Å². The molecule has 142 valence electrons. The third-order valence-electron chi connectivity index (χ3n) is 5.87. The van der Waals surface area contributed by atoms with Crippen LogP contribution in [-0.4, -0.2) is 48.6 Å². The van der Waals surface area contributed by atoms with Crippen LogP contribution in [0.4, 0.5) is 5.69 Å². The van der Waals surface area contributed by atoms with Gasteiger partial charge in [0.1, 0.15) is 5.75 Å². The largest absolute Gasteiger partial charge is 0.508 e. The van der Waals surface area contributed by atoms with Crippen molar-refractivity contribution in [2.45, 2.75) is 24.8 Å². The molecule has 0 aromatic heterocycles. The Morgan fingerprint density at radius 2 is 1.63 bits per heavy atom. The molecule has 2 fully saturated rings. The summed E-state index contributed by atoms with van der Waals surface area (Å²) in [4.78, 5) is 17.2. The van der Waals surface area contributed by atoms with Gasteiger partial charge >= 0.3 is 0 Å². The molecule has 5 nitrogen and oxygen atoms in total. The molecule has 0 radical (unpaired) electrons. The minimum absolute atomic E-state index is 0.122. The number of carbonyl (C=O) groups excluding carboxylic acids is 1. The van der Waals surface area contributed by atoms with E-state index in [0.29, 0.717) is 6.54 Å². The van der Waals surface area contributed by atoms with Crippen LogP contribution in [0.5, 0.6) is 5.75 Å². The quantitative estimate of drug-likeness (QED) is 0.855. The van der Waals surface area contributed by atoms with Gasteiger partial charge in [0.05, 0.1) is 12.1 Å².